The first-order valence-electron chi connectivity index (χ1n) is 3.74. The molecule has 0 bridgehead atoms. The Morgan fingerprint density at radius 1 is 1.43 bits per heavy atom. The molecule has 6 heteroatoms. The van der Waals surface area contributed by atoms with E-state index in [1.165, 1.54) is 11.0 Å². The van der Waals surface area contributed by atoms with Gasteiger partial charge < -0.3 is 0 Å². The number of nitrogens with zero attached hydrogens (tertiary/aromatic N) is 5. The topological polar surface area (TPSA) is 67.4 Å². The number of hydrogen-bond acceptors (Lipinski definition) is 4. The summed E-state index contributed by atoms with van der Waals surface area (Å²) in [4.78, 5) is 7.75. The van der Waals surface area contributed by atoms with E-state index < -0.39 is 0 Å². The van der Waals surface area contributed by atoms with Gasteiger partial charge >= 0.3 is 0 Å². The van der Waals surface area contributed by atoms with Gasteiger partial charge in [0.05, 0.1) is 5.56 Å². The van der Waals surface area contributed by atoms with Crippen molar-refractivity contribution in [2.75, 3.05) is 0 Å². The lowest BCUT2D eigenvalue weighted by atomic mass is 10.3. The fourth-order valence-corrected chi connectivity index (χ4v) is 1.14. The van der Waals surface area contributed by atoms with E-state index in [1.54, 1.807) is 18.3 Å². The monoisotopic (exact) mass is 205 g/mol. The number of pyridine rings is 1. The molecule has 14 heavy (non-hydrogen) atoms. The van der Waals surface area contributed by atoms with Gasteiger partial charge in [-0.3, -0.25) is 0 Å². The molecule has 68 valence electrons. The quantitative estimate of drug-likeness (QED) is 0.701. The highest BCUT2D eigenvalue weighted by atomic mass is 35.5. The highest BCUT2D eigenvalue weighted by Crippen LogP contribution is 2.09. The van der Waals surface area contributed by atoms with Gasteiger partial charge in [0.25, 0.3) is 0 Å². The van der Waals surface area contributed by atoms with Crippen LogP contribution in [0.2, 0.25) is 5.28 Å². The summed E-state index contributed by atoms with van der Waals surface area (Å²) >= 11 is 5.55. The van der Waals surface area contributed by atoms with E-state index in [-0.39, 0.29) is 5.28 Å². The van der Waals surface area contributed by atoms with Crippen LogP contribution in [0, 0.1) is 11.3 Å². The second-order valence-electron chi connectivity index (χ2n) is 2.44. The maximum absolute atomic E-state index is 8.80. The van der Waals surface area contributed by atoms with E-state index in [2.05, 4.69) is 15.1 Å². The van der Waals surface area contributed by atoms with Gasteiger partial charge in [-0.1, -0.05) is 0 Å². The van der Waals surface area contributed by atoms with Crippen LogP contribution in [0.15, 0.2) is 24.7 Å². The largest absolute Gasteiger partial charge is 0.242 e. The summed E-state index contributed by atoms with van der Waals surface area (Å²) in [7, 11) is 0. The summed E-state index contributed by atoms with van der Waals surface area (Å²) in [6.45, 7) is 0. The summed E-state index contributed by atoms with van der Waals surface area (Å²) in [5, 5.41) is 12.8. The Morgan fingerprint density at radius 3 is 2.93 bits per heavy atom. The summed E-state index contributed by atoms with van der Waals surface area (Å²) in [6, 6.07) is 5.34. The molecule has 0 amide bonds. The number of halogens is 1. The third-order valence-corrected chi connectivity index (χ3v) is 1.76. The molecule has 0 unspecified atom stereocenters. The predicted molar refractivity (Wildman–Crippen MR) is 48.9 cm³/mol. The second-order valence-corrected chi connectivity index (χ2v) is 2.78. The molecule has 0 aliphatic rings. The van der Waals surface area contributed by atoms with E-state index in [0.717, 1.165) is 0 Å². The normalized spacial score (nSPS) is 9.71. The van der Waals surface area contributed by atoms with Gasteiger partial charge in [0.15, 0.2) is 5.82 Å². The van der Waals surface area contributed by atoms with Crippen LogP contribution < -0.4 is 0 Å². The Hall–Kier alpha value is -1.93. The van der Waals surface area contributed by atoms with Crippen molar-refractivity contribution in [3.8, 4) is 11.9 Å². The van der Waals surface area contributed by atoms with Crippen molar-refractivity contribution >= 4 is 11.6 Å². The molecular weight excluding hydrogens is 202 g/mol. The first-order valence-corrected chi connectivity index (χ1v) is 4.11. The maximum atomic E-state index is 8.80. The van der Waals surface area contributed by atoms with Crippen LogP contribution in [0.3, 0.4) is 0 Å². The smallest absolute Gasteiger partial charge is 0.236 e. The Bertz CT molecular complexity index is 498. The first kappa shape index (κ1) is 8.66. The van der Waals surface area contributed by atoms with Crippen LogP contribution in [0.5, 0.6) is 0 Å². The van der Waals surface area contributed by atoms with Crippen LogP contribution in [-0.2, 0) is 0 Å². The lowest BCUT2D eigenvalue weighted by molar-refractivity contribution is 0.842. The Labute approximate surface area is 84.6 Å². The fourth-order valence-electron chi connectivity index (χ4n) is 1.01. The van der Waals surface area contributed by atoms with E-state index in [4.69, 9.17) is 16.9 Å². The average molecular weight is 206 g/mol. The number of rotatable bonds is 1. The highest BCUT2D eigenvalue weighted by molar-refractivity contribution is 6.28. The van der Waals surface area contributed by atoms with Gasteiger partial charge in [-0.15, -0.1) is 5.10 Å². The van der Waals surface area contributed by atoms with Crippen LogP contribution in [-0.4, -0.2) is 19.7 Å². The molecule has 0 fully saturated rings. The molecule has 0 aromatic carbocycles. The highest BCUT2D eigenvalue weighted by Gasteiger charge is 2.06. The number of hydrogen-bond donors (Lipinski definition) is 0. The fraction of sp³-hybridized carbons (Fsp3) is 0. The van der Waals surface area contributed by atoms with E-state index >= 15 is 0 Å². The molecule has 2 heterocycles. The third kappa shape index (κ3) is 1.43. The van der Waals surface area contributed by atoms with Crippen molar-refractivity contribution in [3.05, 3.63) is 35.5 Å². The van der Waals surface area contributed by atoms with Crippen LogP contribution in [0.25, 0.3) is 5.82 Å². The van der Waals surface area contributed by atoms with Crippen molar-refractivity contribution in [1.82, 2.24) is 19.7 Å². The lowest BCUT2D eigenvalue weighted by Crippen LogP contribution is -2.00. The summed E-state index contributed by atoms with van der Waals surface area (Å²) in [5.41, 5.74) is 0.425. The van der Waals surface area contributed by atoms with Crippen LogP contribution >= 0.6 is 11.6 Å². The minimum atomic E-state index is 0.125. The molecule has 2 rings (SSSR count). The van der Waals surface area contributed by atoms with Gasteiger partial charge in [0, 0.05) is 6.20 Å². The zero-order valence-corrected chi connectivity index (χ0v) is 7.68. The Balaban J connectivity index is 2.57. The Morgan fingerprint density at radius 2 is 2.29 bits per heavy atom. The minimum Gasteiger partial charge on any atom is -0.236 e. The SMILES string of the molecule is N#Cc1cccnc1-n1cnc(Cl)n1. The molecule has 0 saturated heterocycles. The third-order valence-electron chi connectivity index (χ3n) is 1.59. The van der Waals surface area contributed by atoms with Gasteiger partial charge in [-0.25, -0.2) is 9.97 Å². The van der Waals surface area contributed by atoms with Gasteiger partial charge in [0.2, 0.25) is 5.28 Å². The molecule has 0 spiro atoms. The van der Waals surface area contributed by atoms with E-state index in [9.17, 15) is 0 Å². The van der Waals surface area contributed by atoms with Gasteiger partial charge in [-0.2, -0.15) is 9.94 Å². The molecule has 0 aliphatic carbocycles. The van der Waals surface area contributed by atoms with Crippen molar-refractivity contribution < 1.29 is 0 Å². The molecule has 0 N–H and O–H groups in total. The average Bonchev–Trinajstić information content (AvgIpc) is 2.65. The molecule has 0 saturated carbocycles. The molecular formula is C8H4ClN5. The zero-order valence-electron chi connectivity index (χ0n) is 6.92. The summed E-state index contributed by atoms with van der Waals surface area (Å²) in [6.07, 6.45) is 2.98. The first-order chi connectivity index (χ1) is 6.81. The maximum Gasteiger partial charge on any atom is 0.242 e. The standard InChI is InChI=1S/C8H4ClN5/c9-8-12-5-14(13-8)7-6(4-10)2-1-3-11-7/h1-3,5H. The Kier molecular flexibility index (Phi) is 2.13. The van der Waals surface area contributed by atoms with Crippen molar-refractivity contribution in [2.24, 2.45) is 0 Å². The second kappa shape index (κ2) is 3.44. The molecule has 0 atom stereocenters. The number of nitriles is 1. The zero-order chi connectivity index (χ0) is 9.97. The molecule has 0 radical (unpaired) electrons. The molecule has 5 nitrogen and oxygen atoms in total. The molecule has 2 aromatic heterocycles. The van der Waals surface area contributed by atoms with E-state index in [1.807, 2.05) is 6.07 Å². The van der Waals surface area contributed by atoms with Crippen molar-refractivity contribution in [1.29, 1.82) is 5.26 Å². The van der Waals surface area contributed by atoms with Crippen molar-refractivity contribution in [2.45, 2.75) is 0 Å². The molecule has 2 aromatic rings. The summed E-state index contributed by atoms with van der Waals surface area (Å²) < 4.78 is 1.36. The lowest BCUT2D eigenvalue weighted by Gasteiger charge is -1.99. The van der Waals surface area contributed by atoms with Gasteiger partial charge in [0.1, 0.15) is 12.4 Å². The van der Waals surface area contributed by atoms with Crippen molar-refractivity contribution in [3.63, 3.8) is 0 Å². The number of aromatic nitrogens is 4. The molecule has 0 aliphatic heterocycles. The van der Waals surface area contributed by atoms with Crippen LogP contribution in [0.1, 0.15) is 5.56 Å². The van der Waals surface area contributed by atoms with Gasteiger partial charge in [-0.05, 0) is 23.7 Å². The summed E-state index contributed by atoms with van der Waals surface area (Å²) in [5.74, 6) is 0.425. The predicted octanol–water partition coefficient (Wildman–Crippen LogP) is 1.19. The van der Waals surface area contributed by atoms with Crippen LogP contribution in [0.4, 0.5) is 0 Å². The van der Waals surface area contributed by atoms with E-state index in [0.29, 0.717) is 11.4 Å². The minimum absolute atomic E-state index is 0.125.